The molecule has 0 aliphatic heterocycles. The van der Waals surface area contributed by atoms with Crippen molar-refractivity contribution in [3.63, 3.8) is 0 Å². The van der Waals surface area contributed by atoms with E-state index in [4.69, 9.17) is 5.73 Å². The van der Waals surface area contributed by atoms with Gasteiger partial charge in [0.1, 0.15) is 0 Å². The van der Waals surface area contributed by atoms with Crippen LogP contribution in [-0.4, -0.2) is 33.8 Å². The number of nitrogens with zero attached hydrogens (tertiary/aromatic N) is 5. The van der Waals surface area contributed by atoms with Crippen molar-refractivity contribution in [3.8, 4) is 16.9 Å². The number of anilines is 2. The van der Waals surface area contributed by atoms with E-state index in [2.05, 4.69) is 15.1 Å². The Morgan fingerprint density at radius 3 is 2.76 bits per heavy atom. The zero-order valence-corrected chi connectivity index (χ0v) is 11.9. The molecule has 2 heterocycles. The fraction of sp³-hybridized carbons (Fsp3) is 0.133. The summed E-state index contributed by atoms with van der Waals surface area (Å²) in [6, 6.07) is 9.54. The van der Waals surface area contributed by atoms with Crippen LogP contribution in [0.25, 0.3) is 16.9 Å². The van der Waals surface area contributed by atoms with Gasteiger partial charge in [0.15, 0.2) is 5.82 Å². The molecule has 21 heavy (non-hydrogen) atoms. The lowest BCUT2D eigenvalue weighted by molar-refractivity contribution is 0.832. The average molecular weight is 280 g/mol. The van der Waals surface area contributed by atoms with Gasteiger partial charge in [-0.25, -0.2) is 9.67 Å². The third kappa shape index (κ3) is 2.69. The van der Waals surface area contributed by atoms with Crippen LogP contribution in [-0.2, 0) is 0 Å². The highest BCUT2D eigenvalue weighted by Crippen LogP contribution is 2.21. The second-order valence-corrected chi connectivity index (χ2v) is 4.91. The smallest absolute Gasteiger partial charge is 0.226 e. The molecule has 6 heteroatoms. The van der Waals surface area contributed by atoms with Crippen LogP contribution in [0.15, 0.2) is 48.9 Å². The van der Waals surface area contributed by atoms with Gasteiger partial charge in [-0.15, -0.1) is 0 Å². The standard InChI is InChI=1S/C15H16N6/c1-20(2)15-17-7-6-14(19-15)21-10-12(9-18-21)11-4-3-5-13(16)8-11/h3-10H,16H2,1-2H3. The van der Waals surface area contributed by atoms with Crippen LogP contribution in [0.4, 0.5) is 11.6 Å². The molecule has 0 bridgehead atoms. The Kier molecular flexibility index (Phi) is 3.27. The lowest BCUT2D eigenvalue weighted by atomic mass is 10.1. The van der Waals surface area contributed by atoms with Crippen molar-refractivity contribution in [1.82, 2.24) is 19.7 Å². The molecule has 0 aliphatic rings. The normalized spacial score (nSPS) is 10.6. The van der Waals surface area contributed by atoms with Crippen molar-refractivity contribution in [2.75, 3.05) is 24.7 Å². The number of hydrogen-bond donors (Lipinski definition) is 1. The van der Waals surface area contributed by atoms with E-state index in [9.17, 15) is 0 Å². The van der Waals surface area contributed by atoms with Crippen LogP contribution in [0.3, 0.4) is 0 Å². The van der Waals surface area contributed by atoms with E-state index in [1.807, 2.05) is 55.5 Å². The lowest BCUT2D eigenvalue weighted by Crippen LogP contribution is -2.13. The van der Waals surface area contributed by atoms with Crippen molar-refractivity contribution in [3.05, 3.63) is 48.9 Å². The minimum Gasteiger partial charge on any atom is -0.399 e. The second-order valence-electron chi connectivity index (χ2n) is 4.91. The fourth-order valence-electron chi connectivity index (χ4n) is 2.00. The molecule has 3 aromatic rings. The van der Waals surface area contributed by atoms with Gasteiger partial charge >= 0.3 is 0 Å². The van der Waals surface area contributed by atoms with E-state index in [-0.39, 0.29) is 0 Å². The fourth-order valence-corrected chi connectivity index (χ4v) is 2.00. The monoisotopic (exact) mass is 280 g/mol. The number of nitrogen functional groups attached to an aromatic ring is 1. The zero-order valence-electron chi connectivity index (χ0n) is 11.9. The van der Waals surface area contributed by atoms with Crippen molar-refractivity contribution >= 4 is 11.6 Å². The highest BCUT2D eigenvalue weighted by molar-refractivity contribution is 5.66. The van der Waals surface area contributed by atoms with Gasteiger partial charge in [0, 0.05) is 43.8 Å². The quantitative estimate of drug-likeness (QED) is 0.743. The third-order valence-electron chi connectivity index (χ3n) is 3.07. The molecule has 3 rings (SSSR count). The summed E-state index contributed by atoms with van der Waals surface area (Å²) < 4.78 is 1.73. The molecular weight excluding hydrogens is 264 g/mol. The Morgan fingerprint density at radius 1 is 1.14 bits per heavy atom. The van der Waals surface area contributed by atoms with Crippen molar-refractivity contribution < 1.29 is 0 Å². The summed E-state index contributed by atoms with van der Waals surface area (Å²) in [5.41, 5.74) is 8.57. The molecule has 106 valence electrons. The largest absolute Gasteiger partial charge is 0.399 e. The predicted octanol–water partition coefficient (Wildman–Crippen LogP) is 1.98. The van der Waals surface area contributed by atoms with Crippen LogP contribution in [0.2, 0.25) is 0 Å². The summed E-state index contributed by atoms with van der Waals surface area (Å²) in [4.78, 5) is 10.5. The SMILES string of the molecule is CN(C)c1nccc(-n2cc(-c3cccc(N)c3)cn2)n1. The molecule has 0 saturated heterocycles. The lowest BCUT2D eigenvalue weighted by Gasteiger charge is -2.10. The zero-order chi connectivity index (χ0) is 14.8. The molecule has 0 radical (unpaired) electrons. The van der Waals surface area contributed by atoms with Crippen molar-refractivity contribution in [2.45, 2.75) is 0 Å². The van der Waals surface area contributed by atoms with Crippen LogP contribution >= 0.6 is 0 Å². The first-order valence-corrected chi connectivity index (χ1v) is 6.55. The summed E-state index contributed by atoms with van der Waals surface area (Å²) in [5.74, 6) is 1.37. The molecule has 0 amide bonds. The van der Waals surface area contributed by atoms with E-state index in [1.165, 1.54) is 0 Å². The topological polar surface area (TPSA) is 72.9 Å². The first-order valence-electron chi connectivity index (χ1n) is 6.55. The Bertz CT molecular complexity index is 762. The van der Waals surface area contributed by atoms with Gasteiger partial charge in [0.25, 0.3) is 0 Å². The summed E-state index contributed by atoms with van der Waals surface area (Å²) >= 11 is 0. The molecule has 6 nitrogen and oxygen atoms in total. The number of benzene rings is 1. The van der Waals surface area contributed by atoms with Crippen LogP contribution in [0.5, 0.6) is 0 Å². The number of nitrogens with two attached hydrogens (primary N) is 1. The summed E-state index contributed by atoms with van der Waals surface area (Å²) in [5, 5.41) is 4.36. The highest BCUT2D eigenvalue weighted by Gasteiger charge is 2.06. The van der Waals surface area contributed by atoms with Gasteiger partial charge in [0.2, 0.25) is 5.95 Å². The molecule has 2 N–H and O–H groups in total. The van der Waals surface area contributed by atoms with Gasteiger partial charge in [-0.05, 0) is 17.7 Å². The minimum absolute atomic E-state index is 0.647. The van der Waals surface area contributed by atoms with E-state index in [0.29, 0.717) is 5.95 Å². The molecule has 0 saturated carbocycles. The number of aromatic nitrogens is 4. The van der Waals surface area contributed by atoms with E-state index >= 15 is 0 Å². The molecule has 1 aromatic carbocycles. The number of rotatable bonds is 3. The first-order chi connectivity index (χ1) is 10.1. The first kappa shape index (κ1) is 13.1. The van der Waals surface area contributed by atoms with Crippen molar-refractivity contribution in [2.24, 2.45) is 0 Å². The Morgan fingerprint density at radius 2 is 2.00 bits per heavy atom. The van der Waals surface area contributed by atoms with Gasteiger partial charge in [-0.1, -0.05) is 12.1 Å². The third-order valence-corrected chi connectivity index (χ3v) is 3.07. The summed E-state index contributed by atoms with van der Waals surface area (Å²) in [6.07, 6.45) is 5.45. The Hall–Kier alpha value is -2.89. The van der Waals surface area contributed by atoms with Gasteiger partial charge in [-0.2, -0.15) is 10.1 Å². The van der Waals surface area contributed by atoms with Crippen LogP contribution < -0.4 is 10.6 Å². The number of hydrogen-bond acceptors (Lipinski definition) is 5. The Labute approximate surface area is 122 Å². The molecule has 0 fully saturated rings. The molecule has 0 atom stereocenters. The van der Waals surface area contributed by atoms with Crippen LogP contribution in [0.1, 0.15) is 0 Å². The maximum absolute atomic E-state index is 5.81. The average Bonchev–Trinajstić information content (AvgIpc) is 2.97. The maximum Gasteiger partial charge on any atom is 0.226 e. The Balaban J connectivity index is 1.97. The predicted molar refractivity (Wildman–Crippen MR) is 83.3 cm³/mol. The molecule has 2 aromatic heterocycles. The van der Waals surface area contributed by atoms with Crippen LogP contribution in [0, 0.1) is 0 Å². The molecule has 0 spiro atoms. The van der Waals surface area contributed by atoms with Gasteiger partial charge in [0.05, 0.1) is 6.20 Å². The highest BCUT2D eigenvalue weighted by atomic mass is 15.3. The molecular formula is C15H16N6. The van der Waals surface area contributed by atoms with Gasteiger partial charge in [-0.3, -0.25) is 0 Å². The van der Waals surface area contributed by atoms with Crippen molar-refractivity contribution in [1.29, 1.82) is 0 Å². The maximum atomic E-state index is 5.81. The van der Waals surface area contributed by atoms with E-state index in [0.717, 1.165) is 22.6 Å². The summed E-state index contributed by atoms with van der Waals surface area (Å²) in [6.45, 7) is 0. The molecule has 0 unspecified atom stereocenters. The van der Waals surface area contributed by atoms with E-state index in [1.54, 1.807) is 17.1 Å². The second kappa shape index (κ2) is 5.24. The van der Waals surface area contributed by atoms with Gasteiger partial charge < -0.3 is 10.6 Å². The summed E-state index contributed by atoms with van der Waals surface area (Å²) in [7, 11) is 3.81. The molecule has 0 aliphatic carbocycles. The van der Waals surface area contributed by atoms with E-state index < -0.39 is 0 Å². The minimum atomic E-state index is 0.647.